The van der Waals surface area contributed by atoms with Crippen LogP contribution in [0.5, 0.6) is 0 Å². The van der Waals surface area contributed by atoms with Crippen molar-refractivity contribution in [1.82, 2.24) is 0 Å². The zero-order chi connectivity index (χ0) is 14.4. The average molecular weight is 262 g/mol. The van der Waals surface area contributed by atoms with Gasteiger partial charge in [0.25, 0.3) is 0 Å². The lowest BCUT2D eigenvalue weighted by atomic mass is 9.98. The van der Waals surface area contributed by atoms with Crippen LogP contribution in [0.4, 0.5) is 0 Å². The molecule has 6 heteroatoms. The van der Waals surface area contributed by atoms with E-state index in [-0.39, 0.29) is 16.7 Å². The van der Waals surface area contributed by atoms with Gasteiger partial charge < -0.3 is 15.3 Å². The number of aliphatic hydroxyl groups is 2. The van der Waals surface area contributed by atoms with Crippen molar-refractivity contribution < 1.29 is 29.7 Å². The molecule has 98 valence electrons. The molecule has 0 atom stereocenters. The van der Waals surface area contributed by atoms with Crippen LogP contribution < -0.4 is 0 Å². The number of carbonyl (C=O) groups is 3. The Morgan fingerprint density at radius 3 is 2.00 bits per heavy atom. The first kappa shape index (κ1) is 14.2. The number of allylic oxidation sites excluding steroid dienone is 2. The molecular formula is C13H10O6. The monoisotopic (exact) mass is 262 g/mol. The third-order valence-corrected chi connectivity index (χ3v) is 2.25. The van der Waals surface area contributed by atoms with E-state index in [0.717, 1.165) is 24.3 Å². The SMILES string of the molecule is O=C(C=CO)c1ccc(C(=O)O)c(C(=O)C=CO)c1. The number of carboxylic acids is 1. The highest BCUT2D eigenvalue weighted by Gasteiger charge is 2.17. The Balaban J connectivity index is 3.37. The van der Waals surface area contributed by atoms with E-state index >= 15 is 0 Å². The topological polar surface area (TPSA) is 112 Å². The first-order valence-electron chi connectivity index (χ1n) is 5.08. The van der Waals surface area contributed by atoms with Gasteiger partial charge in [-0.15, -0.1) is 0 Å². The van der Waals surface area contributed by atoms with Crippen molar-refractivity contribution in [3.63, 3.8) is 0 Å². The molecule has 0 unspecified atom stereocenters. The molecule has 19 heavy (non-hydrogen) atoms. The van der Waals surface area contributed by atoms with Crippen LogP contribution in [0.15, 0.2) is 42.9 Å². The summed E-state index contributed by atoms with van der Waals surface area (Å²) in [5, 5.41) is 26.0. The van der Waals surface area contributed by atoms with Crippen LogP contribution in [0.2, 0.25) is 0 Å². The first-order chi connectivity index (χ1) is 9.01. The number of rotatable bonds is 5. The number of benzene rings is 1. The van der Waals surface area contributed by atoms with Crippen molar-refractivity contribution in [2.75, 3.05) is 0 Å². The molecule has 1 aromatic rings. The summed E-state index contributed by atoms with van der Waals surface area (Å²) in [6.07, 6.45) is 2.67. The number of hydrogen-bond acceptors (Lipinski definition) is 5. The molecule has 0 spiro atoms. The Hall–Kier alpha value is -2.89. The van der Waals surface area contributed by atoms with Crippen LogP contribution in [0.25, 0.3) is 0 Å². The molecule has 0 bridgehead atoms. The van der Waals surface area contributed by atoms with Crippen molar-refractivity contribution >= 4 is 17.5 Å². The summed E-state index contributed by atoms with van der Waals surface area (Å²) in [7, 11) is 0. The number of carboxylic acid groups (broad SMARTS) is 1. The zero-order valence-electron chi connectivity index (χ0n) is 9.61. The highest BCUT2D eigenvalue weighted by molar-refractivity contribution is 6.13. The van der Waals surface area contributed by atoms with Crippen molar-refractivity contribution in [3.8, 4) is 0 Å². The van der Waals surface area contributed by atoms with Crippen molar-refractivity contribution in [2.24, 2.45) is 0 Å². The summed E-state index contributed by atoms with van der Waals surface area (Å²) < 4.78 is 0. The molecule has 0 amide bonds. The average Bonchev–Trinajstić information content (AvgIpc) is 2.38. The van der Waals surface area contributed by atoms with Gasteiger partial charge in [0.2, 0.25) is 0 Å². The molecule has 3 N–H and O–H groups in total. The Labute approximate surface area is 107 Å². The minimum absolute atomic E-state index is 0.0463. The van der Waals surface area contributed by atoms with Crippen LogP contribution >= 0.6 is 0 Å². The van der Waals surface area contributed by atoms with Gasteiger partial charge in [0.05, 0.1) is 18.1 Å². The maximum absolute atomic E-state index is 11.6. The summed E-state index contributed by atoms with van der Waals surface area (Å²) >= 11 is 0. The van der Waals surface area contributed by atoms with Crippen molar-refractivity contribution in [1.29, 1.82) is 0 Å². The van der Waals surface area contributed by atoms with Crippen LogP contribution in [-0.4, -0.2) is 32.9 Å². The van der Waals surface area contributed by atoms with Gasteiger partial charge in [0, 0.05) is 23.3 Å². The minimum atomic E-state index is -1.33. The van der Waals surface area contributed by atoms with Gasteiger partial charge in [-0.2, -0.15) is 0 Å². The van der Waals surface area contributed by atoms with E-state index < -0.39 is 17.5 Å². The van der Waals surface area contributed by atoms with E-state index in [4.69, 9.17) is 15.3 Å². The minimum Gasteiger partial charge on any atom is -0.515 e. The molecule has 0 heterocycles. The standard InChI is InChI=1S/C13H10O6/c14-5-3-11(16)8-1-2-9(13(18)19)10(7-8)12(17)4-6-15/h1-7,14-15H,(H,18,19). The Morgan fingerprint density at radius 1 is 0.895 bits per heavy atom. The van der Waals surface area contributed by atoms with Crippen LogP contribution in [0.1, 0.15) is 31.1 Å². The molecule has 1 rings (SSSR count). The lowest BCUT2D eigenvalue weighted by Gasteiger charge is -2.04. The predicted octanol–water partition coefficient (Wildman–Crippen LogP) is 1.89. The molecule has 0 saturated heterocycles. The van der Waals surface area contributed by atoms with E-state index in [2.05, 4.69) is 0 Å². The molecule has 6 nitrogen and oxygen atoms in total. The second-order valence-corrected chi connectivity index (χ2v) is 3.43. The highest BCUT2D eigenvalue weighted by Crippen LogP contribution is 2.15. The molecule has 0 aliphatic carbocycles. The smallest absolute Gasteiger partial charge is 0.336 e. The summed E-state index contributed by atoms with van der Waals surface area (Å²) in [5.74, 6) is -2.66. The molecule has 1 aromatic carbocycles. The largest absolute Gasteiger partial charge is 0.515 e. The van der Waals surface area contributed by atoms with E-state index in [1.165, 1.54) is 6.07 Å². The Kier molecular flexibility index (Phi) is 4.59. The summed E-state index contributed by atoms with van der Waals surface area (Å²) in [5.41, 5.74) is -0.465. The fraction of sp³-hybridized carbons (Fsp3) is 0. The molecular weight excluding hydrogens is 252 g/mol. The number of hydrogen-bond donors (Lipinski definition) is 3. The molecule has 0 saturated carbocycles. The van der Waals surface area contributed by atoms with Crippen LogP contribution in [0.3, 0.4) is 0 Å². The van der Waals surface area contributed by atoms with Gasteiger partial charge in [-0.25, -0.2) is 4.79 Å². The quantitative estimate of drug-likeness (QED) is 0.424. The predicted molar refractivity (Wildman–Crippen MR) is 65.6 cm³/mol. The number of ketones is 2. The lowest BCUT2D eigenvalue weighted by molar-refractivity contribution is 0.0692. The van der Waals surface area contributed by atoms with Gasteiger partial charge in [0.1, 0.15) is 0 Å². The second-order valence-electron chi connectivity index (χ2n) is 3.43. The number of aromatic carboxylic acids is 1. The zero-order valence-corrected chi connectivity index (χ0v) is 9.61. The van der Waals surface area contributed by atoms with Crippen LogP contribution in [0, 0.1) is 0 Å². The van der Waals surface area contributed by atoms with Gasteiger partial charge in [-0.3, -0.25) is 9.59 Å². The summed E-state index contributed by atoms with van der Waals surface area (Å²) in [4.78, 5) is 34.1. The molecule has 0 radical (unpaired) electrons. The normalized spacial score (nSPS) is 10.9. The van der Waals surface area contributed by atoms with E-state index in [1.807, 2.05) is 0 Å². The van der Waals surface area contributed by atoms with Gasteiger partial charge in [-0.05, 0) is 12.1 Å². The molecule has 0 aromatic heterocycles. The van der Waals surface area contributed by atoms with Crippen LogP contribution in [-0.2, 0) is 0 Å². The molecule has 0 fully saturated rings. The van der Waals surface area contributed by atoms with Gasteiger partial charge in [-0.1, -0.05) is 6.07 Å². The highest BCUT2D eigenvalue weighted by atomic mass is 16.4. The van der Waals surface area contributed by atoms with E-state index in [9.17, 15) is 14.4 Å². The van der Waals surface area contributed by atoms with E-state index in [0.29, 0.717) is 12.5 Å². The fourth-order valence-corrected chi connectivity index (χ4v) is 1.41. The Bertz CT molecular complexity index is 583. The van der Waals surface area contributed by atoms with Crippen molar-refractivity contribution in [2.45, 2.75) is 0 Å². The number of aliphatic hydroxyl groups excluding tert-OH is 2. The number of carbonyl (C=O) groups excluding carboxylic acids is 2. The Morgan fingerprint density at radius 2 is 1.47 bits per heavy atom. The second kappa shape index (κ2) is 6.15. The maximum atomic E-state index is 11.6. The third kappa shape index (κ3) is 3.29. The van der Waals surface area contributed by atoms with Gasteiger partial charge in [0.15, 0.2) is 11.6 Å². The van der Waals surface area contributed by atoms with Crippen molar-refractivity contribution in [3.05, 3.63) is 59.6 Å². The first-order valence-corrected chi connectivity index (χ1v) is 5.08. The fourth-order valence-electron chi connectivity index (χ4n) is 1.41. The lowest BCUT2D eigenvalue weighted by Crippen LogP contribution is -2.09. The third-order valence-electron chi connectivity index (χ3n) is 2.25. The molecule has 0 aliphatic heterocycles. The van der Waals surface area contributed by atoms with Gasteiger partial charge >= 0.3 is 5.97 Å². The maximum Gasteiger partial charge on any atom is 0.336 e. The van der Waals surface area contributed by atoms with E-state index in [1.54, 1.807) is 0 Å². The summed E-state index contributed by atoms with van der Waals surface area (Å²) in [6, 6.07) is 3.43. The summed E-state index contributed by atoms with van der Waals surface area (Å²) in [6.45, 7) is 0. The molecule has 0 aliphatic rings.